The lowest BCUT2D eigenvalue weighted by Gasteiger charge is -2.22. The minimum Gasteiger partial charge on any atom is -0.347 e. The average molecular weight is 559 g/mol. The zero-order chi connectivity index (χ0) is 29.3. The normalized spacial score (nSPS) is 12.9. The second kappa shape index (κ2) is 13.8. The zero-order valence-corrected chi connectivity index (χ0v) is 22.4. The number of H-pyrrole nitrogens is 1. The number of nitrogens with zero attached hydrogens (tertiary/aromatic N) is 1. The van der Waals surface area contributed by atoms with E-state index in [-0.39, 0.29) is 18.7 Å². The van der Waals surface area contributed by atoms with Gasteiger partial charge in [-0.15, -0.1) is 0 Å². The van der Waals surface area contributed by atoms with E-state index in [9.17, 15) is 27.6 Å². The van der Waals surface area contributed by atoms with E-state index in [2.05, 4.69) is 28.3 Å². The summed E-state index contributed by atoms with van der Waals surface area (Å²) in [6, 6.07) is 11.5. The molecule has 3 amide bonds. The lowest BCUT2D eigenvalue weighted by atomic mass is 10.0. The topological polar surface area (TPSA) is 120 Å². The standard InChI is InChI=1S/C29H32F3N5O3/c1-3-13-37(14-4-2)26(38)17-23(33)27(39)36-25(15-19-9-11-21(12-10-19)29(30,31)32)28(40)35-22-16-20-7-5-6-8-24(20)34-18-22/h5-12,16,18,23,25H,1,3-4,13-15,17,33H2,2H3,(H-,35,36,39,40)/p+3. The van der Waals surface area contributed by atoms with E-state index < -0.39 is 35.6 Å². The fraction of sp³-hybridized carbons (Fsp3) is 0.345. The van der Waals surface area contributed by atoms with Crippen LogP contribution in [0.5, 0.6) is 0 Å². The summed E-state index contributed by atoms with van der Waals surface area (Å²) in [5.41, 5.74) is 4.72. The van der Waals surface area contributed by atoms with Gasteiger partial charge in [0.05, 0.1) is 25.5 Å². The maximum atomic E-state index is 13.3. The molecule has 1 heterocycles. The molecule has 0 aliphatic carbocycles. The second-order valence-corrected chi connectivity index (χ2v) is 9.56. The van der Waals surface area contributed by atoms with Crippen LogP contribution < -0.4 is 21.4 Å². The highest BCUT2D eigenvalue weighted by atomic mass is 19.4. The number of quaternary nitrogens is 1. The Morgan fingerprint density at radius 2 is 1.75 bits per heavy atom. The van der Waals surface area contributed by atoms with Gasteiger partial charge in [0, 0.05) is 24.4 Å². The molecule has 11 heteroatoms. The number of halogens is 3. The van der Waals surface area contributed by atoms with Gasteiger partial charge in [-0.3, -0.25) is 14.4 Å². The number of alkyl halides is 3. The monoisotopic (exact) mass is 558 g/mol. The number of anilines is 1. The number of nitrogens with one attached hydrogen (secondary N) is 3. The molecular weight excluding hydrogens is 523 g/mol. The van der Waals surface area contributed by atoms with Crippen molar-refractivity contribution in [2.75, 3.05) is 18.4 Å². The number of para-hydroxylation sites is 1. The summed E-state index contributed by atoms with van der Waals surface area (Å²) in [5, 5.41) is 6.25. The van der Waals surface area contributed by atoms with Crippen LogP contribution in [-0.2, 0) is 27.0 Å². The molecule has 0 saturated carbocycles. The summed E-state index contributed by atoms with van der Waals surface area (Å²) < 4.78 is 39.1. The maximum absolute atomic E-state index is 13.3. The predicted molar refractivity (Wildman–Crippen MR) is 144 cm³/mol. The number of hydrogen-bond acceptors (Lipinski definition) is 3. The first kappa shape index (κ1) is 30.4. The third-order valence-electron chi connectivity index (χ3n) is 6.34. The Hall–Kier alpha value is -4.12. The van der Waals surface area contributed by atoms with Gasteiger partial charge in [0.15, 0.2) is 12.2 Å². The Balaban J connectivity index is 1.77. The number of rotatable bonds is 12. The molecule has 40 heavy (non-hydrogen) atoms. The summed E-state index contributed by atoms with van der Waals surface area (Å²) in [6.07, 6.45) is -1.84. The second-order valence-electron chi connectivity index (χ2n) is 9.56. The molecule has 3 aromatic rings. The summed E-state index contributed by atoms with van der Waals surface area (Å²) in [5.74, 6) is -1.42. The Labute approximate surface area is 231 Å². The molecule has 3 rings (SSSR count). The van der Waals surface area contributed by atoms with Gasteiger partial charge in [0.25, 0.3) is 5.91 Å². The summed E-state index contributed by atoms with van der Waals surface area (Å²) in [4.78, 5) is 43.8. The van der Waals surface area contributed by atoms with Crippen molar-refractivity contribution >= 4 is 34.3 Å². The molecule has 212 valence electrons. The van der Waals surface area contributed by atoms with Crippen LogP contribution in [0.4, 0.5) is 18.9 Å². The number of benzene rings is 2. The molecule has 0 aliphatic heterocycles. The van der Waals surface area contributed by atoms with Crippen molar-refractivity contribution in [2.24, 2.45) is 0 Å². The largest absolute Gasteiger partial charge is 0.416 e. The first-order valence-electron chi connectivity index (χ1n) is 13.1. The first-order chi connectivity index (χ1) is 19.0. The highest BCUT2D eigenvalue weighted by molar-refractivity contribution is 5.99. The van der Waals surface area contributed by atoms with Crippen LogP contribution in [0.15, 0.2) is 60.8 Å². The van der Waals surface area contributed by atoms with Gasteiger partial charge in [0.2, 0.25) is 17.3 Å². The quantitative estimate of drug-likeness (QED) is 0.297. The van der Waals surface area contributed by atoms with E-state index in [1.165, 1.54) is 12.1 Å². The molecule has 0 radical (unpaired) electrons. The van der Waals surface area contributed by atoms with Crippen LogP contribution in [-0.4, -0.2) is 47.8 Å². The SMILES string of the molecule is [CH2+]CCN(CCC)C(=O)CC([NH3+])C(=O)NC(Cc1ccc(C(F)(F)F)cc1)C(=O)Nc1c[nH+]c2ccccc2c1. The number of carbonyl (C=O) groups is 3. The van der Waals surface area contributed by atoms with Gasteiger partial charge in [-0.25, -0.2) is 4.98 Å². The molecule has 2 atom stereocenters. The fourth-order valence-corrected chi connectivity index (χ4v) is 4.24. The van der Waals surface area contributed by atoms with Gasteiger partial charge >= 0.3 is 6.18 Å². The van der Waals surface area contributed by atoms with Crippen molar-refractivity contribution in [3.8, 4) is 0 Å². The number of pyridine rings is 1. The van der Waals surface area contributed by atoms with E-state index in [0.29, 0.717) is 30.8 Å². The molecule has 0 aliphatic rings. The van der Waals surface area contributed by atoms with E-state index >= 15 is 0 Å². The van der Waals surface area contributed by atoms with Crippen molar-refractivity contribution in [1.82, 2.24) is 10.2 Å². The van der Waals surface area contributed by atoms with E-state index in [1.807, 2.05) is 31.2 Å². The maximum Gasteiger partial charge on any atom is 0.416 e. The van der Waals surface area contributed by atoms with Crippen LogP contribution in [0.3, 0.4) is 0 Å². The van der Waals surface area contributed by atoms with Gasteiger partial charge in [-0.05, 0) is 36.2 Å². The molecule has 8 nitrogen and oxygen atoms in total. The van der Waals surface area contributed by atoms with Crippen LogP contribution in [0, 0.1) is 6.92 Å². The first-order valence-corrected chi connectivity index (χ1v) is 13.1. The number of amides is 3. The molecule has 0 bridgehead atoms. The molecule has 2 aromatic carbocycles. The van der Waals surface area contributed by atoms with Crippen molar-refractivity contribution in [3.63, 3.8) is 0 Å². The minimum absolute atomic E-state index is 0.0723. The van der Waals surface area contributed by atoms with Crippen LogP contribution in [0.1, 0.15) is 37.3 Å². The van der Waals surface area contributed by atoms with Crippen molar-refractivity contribution in [1.29, 1.82) is 0 Å². The average Bonchev–Trinajstić information content (AvgIpc) is 2.92. The van der Waals surface area contributed by atoms with Crippen LogP contribution >= 0.6 is 0 Å². The molecule has 0 saturated heterocycles. The van der Waals surface area contributed by atoms with Crippen LogP contribution in [0.2, 0.25) is 0 Å². The Kier molecular flexibility index (Phi) is 10.5. The predicted octanol–water partition coefficient (Wildman–Crippen LogP) is 2.80. The van der Waals surface area contributed by atoms with Crippen molar-refractivity contribution in [3.05, 3.63) is 78.8 Å². The number of aromatic amines is 1. The zero-order valence-electron chi connectivity index (χ0n) is 22.4. The lowest BCUT2D eigenvalue weighted by Crippen LogP contribution is -2.69. The fourth-order valence-electron chi connectivity index (χ4n) is 4.24. The molecule has 2 unspecified atom stereocenters. The van der Waals surface area contributed by atoms with Gasteiger partial charge in [-0.2, -0.15) is 13.2 Å². The summed E-state index contributed by atoms with van der Waals surface area (Å²) in [6.45, 7) is 6.71. The number of carbonyl (C=O) groups excluding carboxylic acids is 3. The highest BCUT2D eigenvalue weighted by Gasteiger charge is 2.31. The van der Waals surface area contributed by atoms with Crippen molar-refractivity contribution < 1.29 is 38.3 Å². The Bertz CT molecular complexity index is 1310. The molecule has 0 fully saturated rings. The lowest BCUT2D eigenvalue weighted by molar-refractivity contribution is -0.403. The number of hydrogen-bond donors (Lipinski definition) is 3. The number of aromatic nitrogens is 1. The summed E-state index contributed by atoms with van der Waals surface area (Å²) in [7, 11) is 0. The molecule has 0 spiro atoms. The van der Waals surface area contributed by atoms with E-state index in [1.54, 1.807) is 17.2 Å². The molecule has 1 aromatic heterocycles. The minimum atomic E-state index is -4.50. The molecular formula is C29H35F3N5O3+3. The highest BCUT2D eigenvalue weighted by Crippen LogP contribution is 2.29. The third-order valence-corrected chi connectivity index (χ3v) is 6.34. The van der Waals surface area contributed by atoms with E-state index in [4.69, 9.17) is 0 Å². The van der Waals surface area contributed by atoms with E-state index in [0.717, 1.165) is 29.5 Å². The van der Waals surface area contributed by atoms with Crippen LogP contribution in [0.25, 0.3) is 10.9 Å². The Morgan fingerprint density at radius 1 is 1.05 bits per heavy atom. The van der Waals surface area contributed by atoms with Gasteiger partial charge in [-0.1, -0.05) is 31.2 Å². The van der Waals surface area contributed by atoms with Crippen molar-refractivity contribution in [2.45, 2.75) is 50.9 Å². The number of fused-ring (bicyclic) bond motifs is 1. The summed E-state index contributed by atoms with van der Waals surface area (Å²) >= 11 is 0. The van der Waals surface area contributed by atoms with Gasteiger partial charge < -0.3 is 21.3 Å². The smallest absolute Gasteiger partial charge is 0.347 e. The van der Waals surface area contributed by atoms with Gasteiger partial charge in [0.1, 0.15) is 18.2 Å². The Morgan fingerprint density at radius 3 is 2.40 bits per heavy atom. The third kappa shape index (κ3) is 8.44. The molecule has 6 N–H and O–H groups in total.